The van der Waals surface area contributed by atoms with Crippen LogP contribution in [0.4, 0.5) is 0 Å². The Balaban J connectivity index is -0.0000000356. The third-order valence-electron chi connectivity index (χ3n) is 0. The van der Waals surface area contributed by atoms with E-state index in [0.29, 0.717) is 0 Å². The Morgan fingerprint density at radius 3 is 0.750 bits per heavy atom. The summed E-state index contributed by atoms with van der Waals surface area (Å²) in [6.07, 6.45) is 0. The second-order valence-electron chi connectivity index (χ2n) is 0. The van der Waals surface area contributed by atoms with Crippen LogP contribution in [0.1, 0.15) is 0 Å². The Morgan fingerprint density at radius 1 is 0.750 bits per heavy atom. The van der Waals surface area contributed by atoms with Crippen molar-refractivity contribution in [1.82, 2.24) is 0 Å². The number of hydrogen-bond acceptors (Lipinski definition) is 4. The zero-order valence-electron chi connectivity index (χ0n) is 10.0. The smallest absolute Gasteiger partial charge is 0.118 e. The second kappa shape index (κ2) is 9110. The van der Waals surface area contributed by atoms with E-state index in [-0.39, 0.29) is 0 Å². The molecule has 8 N–H and O–H groups in total. The largest absolute Gasteiger partial charge is 0.333 e. The van der Waals surface area contributed by atoms with Crippen LogP contribution in [0.5, 0.6) is 0 Å². The molecule has 0 saturated heterocycles. The molecule has 0 spiro atoms. The maximum Gasteiger partial charge on any atom is 0.118 e. The topological polar surface area (TPSA) is 104 Å². The molecule has 0 aliphatic heterocycles. The predicted molar refractivity (Wildman–Crippen MR) is 40.4 cm³/mol. The average molecular weight is 128 g/mol. The number of hydrogen-bond donors (Lipinski definition) is 4. The Morgan fingerprint density at radius 2 is 0.750 bits per heavy atom. The van der Waals surface area contributed by atoms with E-state index in [0.717, 1.165) is 0 Å². The van der Waals surface area contributed by atoms with Crippen LogP contribution in [0.3, 0.4) is 0 Å². The van der Waals surface area contributed by atoms with Crippen molar-refractivity contribution < 1.29 is 5.65 Å². The molecule has 0 aromatic heterocycles. The van der Waals surface area contributed by atoms with Gasteiger partial charge in [0.2, 0.25) is 0 Å². The van der Waals surface area contributed by atoms with Crippen molar-refractivity contribution in [3.63, 3.8) is 0 Å². The van der Waals surface area contributed by atoms with Gasteiger partial charge in [-0.3, -0.25) is 0 Å². The van der Waals surface area contributed by atoms with Crippen LogP contribution in [-0.4, -0.2) is 28.2 Å². The molecule has 0 bridgehead atoms. The van der Waals surface area contributed by atoms with E-state index >= 15 is 0 Å². The summed E-state index contributed by atoms with van der Waals surface area (Å²) in [5.41, 5.74) is 8.00. The molecular weight excluding hydrogens is 104 g/mol. The van der Waals surface area contributed by atoms with Crippen molar-refractivity contribution in [3.8, 4) is 0 Å². The van der Waals surface area contributed by atoms with Crippen LogP contribution >= 0.6 is 0 Å². The van der Waals surface area contributed by atoms with Crippen molar-refractivity contribution in [2.45, 2.75) is 0 Å². The maximum absolute atomic E-state index is 5.96. The van der Waals surface area contributed by atoms with Crippen molar-refractivity contribution in [2.75, 3.05) is 28.2 Å². The third-order valence-corrected chi connectivity index (χ3v) is 0. The summed E-state index contributed by atoms with van der Waals surface area (Å²) >= 11 is 0. The lowest BCUT2D eigenvalue weighted by atomic mass is 11.6. The zero-order valence-corrected chi connectivity index (χ0v) is 6.00. The van der Waals surface area contributed by atoms with Crippen LogP contribution in [0.25, 0.3) is 0 Å². The van der Waals surface area contributed by atoms with E-state index in [4.69, 9.17) is 5.65 Å². The fourth-order valence-electron chi connectivity index (χ4n) is 0. The SMILES string of the molecule is [2H]NC.[2H]NC.[2H]NC.[2H]NC. The van der Waals surface area contributed by atoms with E-state index in [1.807, 2.05) is 22.9 Å². The molecule has 0 aliphatic carbocycles. The molecule has 0 aromatic rings. The number of nitrogens with two attached hydrogens (primary N) is 4. The summed E-state index contributed by atoms with van der Waals surface area (Å²) in [4.78, 5) is 0. The fourth-order valence-corrected chi connectivity index (χ4v) is 0. The van der Waals surface area contributed by atoms with Crippen LogP contribution in [-0.2, 0) is 0 Å². The van der Waals surface area contributed by atoms with E-state index in [9.17, 15) is 0 Å². The van der Waals surface area contributed by atoms with Gasteiger partial charge < -0.3 is 22.9 Å². The van der Waals surface area contributed by atoms with Crippen molar-refractivity contribution in [3.05, 3.63) is 0 Å². The molecular formula is C4H20N4. The van der Waals surface area contributed by atoms with Crippen molar-refractivity contribution in [1.29, 1.82) is 0 Å². The maximum atomic E-state index is 5.96. The first-order chi connectivity index (χ1) is 5.66. The van der Waals surface area contributed by atoms with Gasteiger partial charge in [0.25, 0.3) is 0 Å². The lowest BCUT2D eigenvalue weighted by molar-refractivity contribution is 1.48. The summed E-state index contributed by atoms with van der Waals surface area (Å²) < 4.78 is 23.8. The molecule has 0 heterocycles. The standard InChI is InChI=1S/4CH5N/c4*1-2/h4*2H2,1H3/i/hD4. The van der Waals surface area contributed by atoms with Crippen molar-refractivity contribution in [2.24, 2.45) is 22.9 Å². The molecule has 0 aromatic carbocycles. The molecule has 0 radical (unpaired) electrons. The van der Waals surface area contributed by atoms with Gasteiger partial charge in [0.05, 0.1) is 0 Å². The first-order valence-electron chi connectivity index (χ1n) is 4.00. The van der Waals surface area contributed by atoms with E-state index in [1.165, 1.54) is 0 Å². The summed E-state index contributed by atoms with van der Waals surface area (Å²) in [6, 6.07) is 0. The molecule has 4 nitrogen and oxygen atoms in total. The quantitative estimate of drug-likeness (QED) is 0.312. The summed E-state index contributed by atoms with van der Waals surface area (Å²) in [6.45, 7) is 0. The van der Waals surface area contributed by atoms with Crippen LogP contribution in [0, 0.1) is 0 Å². The molecule has 0 aliphatic rings. The highest BCUT2D eigenvalue weighted by Gasteiger charge is 0.842. The summed E-state index contributed by atoms with van der Waals surface area (Å²) in [7, 11) is 6.17. The van der Waals surface area contributed by atoms with Gasteiger partial charge in [-0.2, -0.15) is 0 Å². The second-order valence-corrected chi connectivity index (χ2v) is 0. The fraction of sp³-hybridized carbons (Fsp3) is 1.00. The molecule has 0 saturated carbocycles. The third kappa shape index (κ3) is 5340. The molecule has 0 unspecified atom stereocenters. The molecule has 0 atom stereocenters. The molecule has 56 valence electrons. The minimum atomic E-state index is 1.54. The zero-order chi connectivity index (χ0) is 10.8. The Hall–Kier alpha value is -0.160. The summed E-state index contributed by atoms with van der Waals surface area (Å²) in [5.74, 6) is 0. The van der Waals surface area contributed by atoms with Crippen LogP contribution in [0.2, 0.25) is 5.65 Å². The summed E-state index contributed by atoms with van der Waals surface area (Å²) in [5, 5.41) is 0. The Labute approximate surface area is 58.1 Å². The van der Waals surface area contributed by atoms with Gasteiger partial charge >= 0.3 is 0 Å². The normalized spacial score (nSPS) is 9.50. The monoisotopic (exact) mass is 128 g/mol. The highest BCUT2D eigenvalue weighted by Crippen LogP contribution is 0.474. The molecule has 0 rings (SSSR count). The first kappa shape index (κ1) is 5.97. The predicted octanol–water partition coefficient (Wildman–Crippen LogP) is -1.70. The highest BCUT2D eigenvalue weighted by atomic mass is 14.4. The van der Waals surface area contributed by atoms with E-state index < -0.39 is 0 Å². The van der Waals surface area contributed by atoms with E-state index in [1.54, 1.807) is 28.2 Å². The minimum absolute atomic E-state index is 1.54. The van der Waals surface area contributed by atoms with E-state index in [2.05, 4.69) is 0 Å². The first-order valence-corrected chi connectivity index (χ1v) is 2.00. The lowest BCUT2D eigenvalue weighted by Crippen LogP contribution is -1.69. The van der Waals surface area contributed by atoms with Gasteiger partial charge in [-0.05, 0) is 28.2 Å². The Kier molecular flexibility index (Phi) is 6800. The Bertz CT molecular complexity index is 27.0. The van der Waals surface area contributed by atoms with Gasteiger partial charge in [0, 0.05) is 0 Å². The molecule has 4 heteroatoms. The van der Waals surface area contributed by atoms with Crippen molar-refractivity contribution >= 4 is 0 Å². The minimum Gasteiger partial charge on any atom is -0.333 e. The van der Waals surface area contributed by atoms with Gasteiger partial charge in [-0.1, -0.05) is 0 Å². The van der Waals surface area contributed by atoms with Gasteiger partial charge in [-0.25, -0.2) is 0 Å². The lowest BCUT2D eigenvalue weighted by Gasteiger charge is -1.19. The number of rotatable bonds is 0. The molecule has 0 fully saturated rings. The van der Waals surface area contributed by atoms with Gasteiger partial charge in [-0.15, -0.1) is 0 Å². The van der Waals surface area contributed by atoms with Crippen LogP contribution in [0.15, 0.2) is 0 Å². The molecule has 0 amide bonds. The molecule has 8 heavy (non-hydrogen) atoms. The highest BCUT2D eigenvalue weighted by molar-refractivity contribution is 3.54. The van der Waals surface area contributed by atoms with Gasteiger partial charge in [0.1, 0.15) is 5.65 Å². The van der Waals surface area contributed by atoms with Crippen LogP contribution < -0.4 is 22.9 Å². The van der Waals surface area contributed by atoms with Gasteiger partial charge in [0.15, 0.2) is 0 Å². The average Bonchev–Trinajstić information content (AvgIpc) is 1.92.